The van der Waals surface area contributed by atoms with Gasteiger partial charge in [-0.1, -0.05) is 50.2 Å². The molecule has 23 heavy (non-hydrogen) atoms. The molecule has 0 spiro atoms. The normalized spacial score (nSPS) is 11.0. The van der Waals surface area contributed by atoms with E-state index in [1.807, 2.05) is 55.5 Å². The van der Waals surface area contributed by atoms with Crippen molar-refractivity contribution >= 4 is 22.5 Å². The van der Waals surface area contributed by atoms with Crippen LogP contribution in [0.5, 0.6) is 0 Å². The van der Waals surface area contributed by atoms with Crippen molar-refractivity contribution in [3.05, 3.63) is 71.4 Å². The first kappa shape index (κ1) is 15.2. The molecule has 0 unspecified atom stereocenters. The number of hydrogen-bond acceptors (Lipinski definition) is 2. The molecule has 1 amide bonds. The van der Waals surface area contributed by atoms with Crippen LogP contribution in [0.1, 0.15) is 41.4 Å². The van der Waals surface area contributed by atoms with Crippen LogP contribution in [-0.2, 0) is 0 Å². The summed E-state index contributed by atoms with van der Waals surface area (Å²) in [5.41, 5.74) is 4.34. The van der Waals surface area contributed by atoms with Gasteiger partial charge < -0.3 is 5.32 Å². The Hall–Kier alpha value is -2.68. The highest BCUT2D eigenvalue weighted by atomic mass is 16.1. The third-order valence-electron chi connectivity index (χ3n) is 3.92. The van der Waals surface area contributed by atoms with Crippen LogP contribution in [0.3, 0.4) is 0 Å². The number of aryl methyl sites for hydroxylation is 1. The molecule has 0 radical (unpaired) electrons. The van der Waals surface area contributed by atoms with Gasteiger partial charge in [-0.15, -0.1) is 0 Å². The summed E-state index contributed by atoms with van der Waals surface area (Å²) < 4.78 is 0. The molecule has 3 heteroatoms. The van der Waals surface area contributed by atoms with E-state index >= 15 is 0 Å². The van der Waals surface area contributed by atoms with E-state index in [2.05, 4.69) is 30.2 Å². The fourth-order valence-corrected chi connectivity index (χ4v) is 2.80. The molecule has 0 aliphatic carbocycles. The number of amides is 1. The van der Waals surface area contributed by atoms with Gasteiger partial charge in [0.25, 0.3) is 5.91 Å². The van der Waals surface area contributed by atoms with E-state index in [-0.39, 0.29) is 5.91 Å². The standard InChI is InChI=1S/C20H20N2O/c1-13(2)15-8-4-6-10-18(15)22-20(23)17-12-14(3)21-19-11-7-5-9-16(17)19/h4-13H,1-3H3,(H,22,23). The SMILES string of the molecule is Cc1cc(C(=O)Nc2ccccc2C(C)C)c2ccccc2n1. The molecule has 1 heterocycles. The number of nitrogens with one attached hydrogen (secondary N) is 1. The highest BCUT2D eigenvalue weighted by molar-refractivity contribution is 6.12. The molecule has 0 aliphatic heterocycles. The van der Waals surface area contributed by atoms with Crippen molar-refractivity contribution in [3.8, 4) is 0 Å². The van der Waals surface area contributed by atoms with Crippen LogP contribution < -0.4 is 5.32 Å². The smallest absolute Gasteiger partial charge is 0.256 e. The summed E-state index contributed by atoms with van der Waals surface area (Å²) in [4.78, 5) is 17.3. The number of pyridine rings is 1. The van der Waals surface area contributed by atoms with Crippen LogP contribution in [0, 0.1) is 6.92 Å². The number of fused-ring (bicyclic) bond motifs is 1. The number of carbonyl (C=O) groups excluding carboxylic acids is 1. The van der Waals surface area contributed by atoms with Crippen molar-refractivity contribution in [2.45, 2.75) is 26.7 Å². The number of benzene rings is 2. The van der Waals surface area contributed by atoms with Gasteiger partial charge in [0, 0.05) is 16.8 Å². The first-order chi connectivity index (χ1) is 11.1. The van der Waals surface area contributed by atoms with Crippen molar-refractivity contribution in [1.82, 2.24) is 4.98 Å². The number of anilines is 1. The summed E-state index contributed by atoms with van der Waals surface area (Å²) in [5.74, 6) is 0.252. The molecular formula is C20H20N2O. The average molecular weight is 304 g/mol. The number of para-hydroxylation sites is 2. The summed E-state index contributed by atoms with van der Waals surface area (Å²) >= 11 is 0. The second-order valence-corrected chi connectivity index (χ2v) is 6.02. The molecule has 0 fully saturated rings. The Morgan fingerprint density at radius 3 is 2.52 bits per heavy atom. The van der Waals surface area contributed by atoms with Crippen LogP contribution in [0.25, 0.3) is 10.9 Å². The van der Waals surface area contributed by atoms with Crippen molar-refractivity contribution in [2.24, 2.45) is 0 Å². The number of aromatic nitrogens is 1. The number of nitrogens with zero attached hydrogens (tertiary/aromatic N) is 1. The zero-order chi connectivity index (χ0) is 16.4. The predicted octanol–water partition coefficient (Wildman–Crippen LogP) is 4.92. The Balaban J connectivity index is 2.02. The van der Waals surface area contributed by atoms with E-state index in [4.69, 9.17) is 0 Å². The highest BCUT2D eigenvalue weighted by Crippen LogP contribution is 2.25. The van der Waals surface area contributed by atoms with Crippen molar-refractivity contribution in [3.63, 3.8) is 0 Å². The predicted molar refractivity (Wildman–Crippen MR) is 95.0 cm³/mol. The monoisotopic (exact) mass is 304 g/mol. The minimum Gasteiger partial charge on any atom is -0.322 e. The summed E-state index contributed by atoms with van der Waals surface area (Å²) in [6.07, 6.45) is 0. The summed E-state index contributed by atoms with van der Waals surface area (Å²) in [5, 5.41) is 3.93. The van der Waals surface area contributed by atoms with Crippen LogP contribution >= 0.6 is 0 Å². The topological polar surface area (TPSA) is 42.0 Å². The maximum atomic E-state index is 12.8. The molecule has 0 atom stereocenters. The Labute approximate surface area is 136 Å². The molecule has 0 saturated carbocycles. The van der Waals surface area contributed by atoms with E-state index < -0.39 is 0 Å². The second-order valence-electron chi connectivity index (χ2n) is 6.02. The molecule has 1 aromatic heterocycles. The molecule has 0 saturated heterocycles. The summed E-state index contributed by atoms with van der Waals surface area (Å²) in [6.45, 7) is 6.15. The maximum absolute atomic E-state index is 12.8. The van der Waals surface area contributed by atoms with E-state index in [0.717, 1.165) is 27.8 Å². The lowest BCUT2D eigenvalue weighted by molar-refractivity contribution is 0.102. The molecule has 2 aromatic carbocycles. The van der Waals surface area contributed by atoms with Gasteiger partial charge in [-0.2, -0.15) is 0 Å². The molecule has 3 nitrogen and oxygen atoms in total. The van der Waals surface area contributed by atoms with Gasteiger partial charge in [-0.3, -0.25) is 9.78 Å². The lowest BCUT2D eigenvalue weighted by atomic mass is 10.0. The summed E-state index contributed by atoms with van der Waals surface area (Å²) in [7, 11) is 0. The van der Waals surface area contributed by atoms with Crippen LogP contribution in [0.15, 0.2) is 54.6 Å². The van der Waals surface area contributed by atoms with Gasteiger partial charge in [0.2, 0.25) is 0 Å². The Morgan fingerprint density at radius 1 is 1.04 bits per heavy atom. The van der Waals surface area contributed by atoms with Gasteiger partial charge in [0.1, 0.15) is 0 Å². The van der Waals surface area contributed by atoms with Crippen LogP contribution in [-0.4, -0.2) is 10.9 Å². The third kappa shape index (κ3) is 3.09. The Kier molecular flexibility index (Phi) is 4.11. The zero-order valence-corrected chi connectivity index (χ0v) is 13.6. The molecule has 3 aromatic rings. The zero-order valence-electron chi connectivity index (χ0n) is 13.6. The minimum absolute atomic E-state index is 0.0974. The van der Waals surface area contributed by atoms with Crippen LogP contribution in [0.4, 0.5) is 5.69 Å². The van der Waals surface area contributed by atoms with E-state index in [9.17, 15) is 4.79 Å². The number of carbonyl (C=O) groups is 1. The van der Waals surface area contributed by atoms with Gasteiger partial charge in [0.15, 0.2) is 0 Å². The molecule has 0 bridgehead atoms. The van der Waals surface area contributed by atoms with Crippen molar-refractivity contribution in [1.29, 1.82) is 0 Å². The van der Waals surface area contributed by atoms with Crippen molar-refractivity contribution in [2.75, 3.05) is 5.32 Å². The third-order valence-corrected chi connectivity index (χ3v) is 3.92. The molecular weight excluding hydrogens is 284 g/mol. The van der Waals surface area contributed by atoms with Gasteiger partial charge in [-0.25, -0.2) is 0 Å². The largest absolute Gasteiger partial charge is 0.322 e. The fraction of sp³-hybridized carbons (Fsp3) is 0.200. The lowest BCUT2D eigenvalue weighted by Gasteiger charge is -2.14. The Bertz CT molecular complexity index is 868. The van der Waals surface area contributed by atoms with Crippen LogP contribution in [0.2, 0.25) is 0 Å². The second kappa shape index (κ2) is 6.21. The molecule has 1 N–H and O–H groups in total. The van der Waals surface area contributed by atoms with E-state index in [0.29, 0.717) is 11.5 Å². The highest BCUT2D eigenvalue weighted by Gasteiger charge is 2.14. The van der Waals surface area contributed by atoms with Gasteiger partial charge in [0.05, 0.1) is 11.1 Å². The van der Waals surface area contributed by atoms with Gasteiger partial charge >= 0.3 is 0 Å². The Morgan fingerprint density at radius 2 is 1.74 bits per heavy atom. The fourth-order valence-electron chi connectivity index (χ4n) is 2.80. The summed E-state index contributed by atoms with van der Waals surface area (Å²) in [6, 6.07) is 17.5. The van der Waals surface area contributed by atoms with E-state index in [1.165, 1.54) is 0 Å². The molecule has 3 rings (SSSR count). The molecule has 0 aliphatic rings. The molecule has 116 valence electrons. The quantitative estimate of drug-likeness (QED) is 0.746. The number of rotatable bonds is 3. The minimum atomic E-state index is -0.0974. The lowest BCUT2D eigenvalue weighted by Crippen LogP contribution is -2.14. The van der Waals surface area contributed by atoms with Crippen molar-refractivity contribution < 1.29 is 4.79 Å². The van der Waals surface area contributed by atoms with Gasteiger partial charge in [-0.05, 0) is 36.6 Å². The number of hydrogen-bond donors (Lipinski definition) is 1. The maximum Gasteiger partial charge on any atom is 0.256 e. The first-order valence-electron chi connectivity index (χ1n) is 7.83. The average Bonchev–Trinajstić information content (AvgIpc) is 2.54. The van der Waals surface area contributed by atoms with E-state index in [1.54, 1.807) is 0 Å². The first-order valence-corrected chi connectivity index (χ1v) is 7.83.